The summed E-state index contributed by atoms with van der Waals surface area (Å²) >= 11 is 0. The van der Waals surface area contributed by atoms with Crippen molar-refractivity contribution in [2.24, 2.45) is 11.8 Å². The number of rotatable bonds is 5. The maximum Gasteiger partial charge on any atom is 0.0900 e. The summed E-state index contributed by atoms with van der Waals surface area (Å²) in [5, 5.41) is 13.3. The van der Waals surface area contributed by atoms with E-state index in [0.29, 0.717) is 6.61 Å². The highest BCUT2D eigenvalue weighted by Gasteiger charge is 2.36. The molecular formula is C12H24N2O2. The number of aliphatic hydroxyl groups is 1. The fourth-order valence-electron chi connectivity index (χ4n) is 2.76. The van der Waals surface area contributed by atoms with E-state index >= 15 is 0 Å². The van der Waals surface area contributed by atoms with E-state index in [9.17, 15) is 5.11 Å². The van der Waals surface area contributed by atoms with Crippen molar-refractivity contribution in [2.75, 3.05) is 39.3 Å². The first-order valence-electron chi connectivity index (χ1n) is 6.38. The summed E-state index contributed by atoms with van der Waals surface area (Å²) in [6.07, 6.45) is -0.133. The van der Waals surface area contributed by atoms with Gasteiger partial charge in [0.05, 0.1) is 18.8 Å². The van der Waals surface area contributed by atoms with Crippen LogP contribution in [-0.4, -0.2) is 61.5 Å². The molecule has 0 aromatic rings. The van der Waals surface area contributed by atoms with Crippen molar-refractivity contribution in [3.63, 3.8) is 0 Å². The number of nitrogens with one attached hydrogen (secondary N) is 1. The maximum absolute atomic E-state index is 9.84. The number of ether oxygens (including phenoxy) is 1. The second-order valence-electron chi connectivity index (χ2n) is 5.43. The molecule has 2 rings (SSSR count). The Bertz CT molecular complexity index is 211. The van der Waals surface area contributed by atoms with Gasteiger partial charge in [-0.1, -0.05) is 0 Å². The maximum atomic E-state index is 9.84. The van der Waals surface area contributed by atoms with E-state index in [1.807, 2.05) is 13.8 Å². The monoisotopic (exact) mass is 228 g/mol. The highest BCUT2D eigenvalue weighted by Crippen LogP contribution is 2.26. The van der Waals surface area contributed by atoms with Crippen molar-refractivity contribution < 1.29 is 9.84 Å². The molecule has 2 N–H and O–H groups in total. The van der Waals surface area contributed by atoms with Crippen LogP contribution in [-0.2, 0) is 4.74 Å². The molecule has 0 aromatic carbocycles. The van der Waals surface area contributed by atoms with Crippen LogP contribution in [0, 0.1) is 11.8 Å². The van der Waals surface area contributed by atoms with Crippen molar-refractivity contribution in [3.8, 4) is 0 Å². The molecule has 4 nitrogen and oxygen atoms in total. The lowest BCUT2D eigenvalue weighted by Gasteiger charge is -2.21. The fourth-order valence-corrected chi connectivity index (χ4v) is 2.76. The van der Waals surface area contributed by atoms with Crippen LogP contribution >= 0.6 is 0 Å². The predicted octanol–water partition coefficient (Wildman–Crippen LogP) is -0.0765. The first kappa shape index (κ1) is 12.3. The Labute approximate surface area is 98.0 Å². The Hall–Kier alpha value is -0.160. The van der Waals surface area contributed by atoms with E-state index in [1.54, 1.807) is 0 Å². The minimum Gasteiger partial charge on any atom is -0.389 e. The lowest BCUT2D eigenvalue weighted by molar-refractivity contribution is -0.00654. The SMILES string of the molecule is CC(C)OCC(O)CN1C[C@H]2CNC[C@H]2C1. The van der Waals surface area contributed by atoms with Gasteiger partial charge in [-0.05, 0) is 38.8 Å². The molecule has 1 unspecified atom stereocenters. The second kappa shape index (κ2) is 5.45. The van der Waals surface area contributed by atoms with Gasteiger partial charge in [0, 0.05) is 19.6 Å². The fraction of sp³-hybridized carbons (Fsp3) is 1.00. The summed E-state index contributed by atoms with van der Waals surface area (Å²) in [5.74, 6) is 1.61. The Kier molecular flexibility index (Phi) is 4.19. The molecule has 0 bridgehead atoms. The van der Waals surface area contributed by atoms with Gasteiger partial charge in [-0.2, -0.15) is 0 Å². The quantitative estimate of drug-likeness (QED) is 0.691. The number of hydrogen-bond donors (Lipinski definition) is 2. The Morgan fingerprint density at radius 3 is 2.50 bits per heavy atom. The molecule has 94 valence electrons. The molecule has 0 radical (unpaired) electrons. The third kappa shape index (κ3) is 3.17. The van der Waals surface area contributed by atoms with Gasteiger partial charge in [-0.3, -0.25) is 0 Å². The van der Waals surface area contributed by atoms with E-state index in [1.165, 1.54) is 0 Å². The molecule has 2 fully saturated rings. The lowest BCUT2D eigenvalue weighted by Crippen LogP contribution is -2.35. The average Bonchev–Trinajstić information content (AvgIpc) is 2.74. The van der Waals surface area contributed by atoms with Crippen LogP contribution < -0.4 is 5.32 Å². The molecule has 0 spiro atoms. The van der Waals surface area contributed by atoms with Crippen LogP contribution in [0.2, 0.25) is 0 Å². The molecule has 16 heavy (non-hydrogen) atoms. The molecule has 0 aromatic heterocycles. The van der Waals surface area contributed by atoms with Gasteiger partial charge < -0.3 is 20.1 Å². The summed E-state index contributed by atoms with van der Waals surface area (Å²) in [6, 6.07) is 0. The van der Waals surface area contributed by atoms with Crippen molar-refractivity contribution in [1.82, 2.24) is 10.2 Å². The first-order valence-corrected chi connectivity index (χ1v) is 6.38. The molecular weight excluding hydrogens is 204 g/mol. The van der Waals surface area contributed by atoms with Crippen molar-refractivity contribution in [1.29, 1.82) is 0 Å². The third-order valence-corrected chi connectivity index (χ3v) is 3.56. The van der Waals surface area contributed by atoms with Crippen LogP contribution in [0.5, 0.6) is 0 Å². The van der Waals surface area contributed by atoms with Gasteiger partial charge >= 0.3 is 0 Å². The molecule has 2 aliphatic rings. The van der Waals surface area contributed by atoms with Gasteiger partial charge in [0.1, 0.15) is 0 Å². The topological polar surface area (TPSA) is 44.7 Å². The second-order valence-corrected chi connectivity index (χ2v) is 5.43. The van der Waals surface area contributed by atoms with Crippen LogP contribution in [0.1, 0.15) is 13.8 Å². The average molecular weight is 228 g/mol. The molecule has 0 saturated carbocycles. The van der Waals surface area contributed by atoms with Crippen LogP contribution in [0.4, 0.5) is 0 Å². The largest absolute Gasteiger partial charge is 0.389 e. The summed E-state index contributed by atoms with van der Waals surface area (Å²) in [7, 11) is 0. The standard InChI is InChI=1S/C12H24N2O2/c1-9(2)16-8-12(15)7-14-5-10-3-13-4-11(10)6-14/h9-13,15H,3-8H2,1-2H3/t10-,11+,12?. The van der Waals surface area contributed by atoms with Gasteiger partial charge in [-0.15, -0.1) is 0 Å². The zero-order valence-electron chi connectivity index (χ0n) is 10.4. The molecule has 3 atom stereocenters. The number of likely N-dealkylation sites (tertiary alicyclic amines) is 1. The highest BCUT2D eigenvalue weighted by atomic mass is 16.5. The van der Waals surface area contributed by atoms with E-state index in [4.69, 9.17) is 4.74 Å². The summed E-state index contributed by atoms with van der Waals surface area (Å²) < 4.78 is 5.42. The molecule has 0 aliphatic carbocycles. The van der Waals surface area contributed by atoms with Gasteiger partial charge in [0.2, 0.25) is 0 Å². The van der Waals surface area contributed by atoms with Crippen LogP contribution in [0.3, 0.4) is 0 Å². The summed E-state index contributed by atoms with van der Waals surface area (Å²) in [5.41, 5.74) is 0. The molecule has 0 amide bonds. The van der Waals surface area contributed by atoms with Crippen molar-refractivity contribution in [2.45, 2.75) is 26.1 Å². The number of fused-ring (bicyclic) bond motifs is 1. The van der Waals surface area contributed by atoms with E-state index in [-0.39, 0.29) is 12.2 Å². The number of nitrogens with zero attached hydrogens (tertiary/aromatic N) is 1. The van der Waals surface area contributed by atoms with Crippen LogP contribution in [0.25, 0.3) is 0 Å². The van der Waals surface area contributed by atoms with E-state index in [2.05, 4.69) is 10.2 Å². The Morgan fingerprint density at radius 1 is 1.31 bits per heavy atom. The first-order chi connectivity index (χ1) is 7.65. The van der Waals surface area contributed by atoms with Gasteiger partial charge in [0.15, 0.2) is 0 Å². The van der Waals surface area contributed by atoms with Gasteiger partial charge in [-0.25, -0.2) is 0 Å². The van der Waals surface area contributed by atoms with Gasteiger partial charge in [0.25, 0.3) is 0 Å². The lowest BCUT2D eigenvalue weighted by atomic mass is 10.0. The zero-order chi connectivity index (χ0) is 11.5. The smallest absolute Gasteiger partial charge is 0.0900 e. The molecule has 4 heteroatoms. The summed E-state index contributed by atoms with van der Waals surface area (Å²) in [6.45, 7) is 9.80. The molecule has 2 heterocycles. The van der Waals surface area contributed by atoms with Crippen LogP contribution in [0.15, 0.2) is 0 Å². The van der Waals surface area contributed by atoms with E-state index in [0.717, 1.165) is 44.6 Å². The minimum absolute atomic E-state index is 0.205. The molecule has 2 saturated heterocycles. The highest BCUT2D eigenvalue weighted by molar-refractivity contribution is 4.91. The zero-order valence-corrected chi connectivity index (χ0v) is 10.4. The predicted molar refractivity (Wildman–Crippen MR) is 63.4 cm³/mol. The Morgan fingerprint density at radius 2 is 1.94 bits per heavy atom. The number of hydrogen-bond acceptors (Lipinski definition) is 4. The van der Waals surface area contributed by atoms with E-state index < -0.39 is 0 Å². The minimum atomic E-state index is -0.339. The normalized spacial score (nSPS) is 32.2. The number of β-amino-alcohol motifs (C(OH)–C–C–N with tert-alkyl or cyclic N) is 1. The summed E-state index contributed by atoms with van der Waals surface area (Å²) in [4.78, 5) is 2.38. The van der Waals surface area contributed by atoms with Crippen molar-refractivity contribution in [3.05, 3.63) is 0 Å². The number of aliphatic hydroxyl groups excluding tert-OH is 1. The Balaban J connectivity index is 1.66. The molecule has 2 aliphatic heterocycles. The van der Waals surface area contributed by atoms with Crippen molar-refractivity contribution >= 4 is 0 Å². The third-order valence-electron chi connectivity index (χ3n) is 3.56.